The van der Waals surface area contributed by atoms with Gasteiger partial charge in [-0.1, -0.05) is 10.0 Å². The lowest BCUT2D eigenvalue weighted by Gasteiger charge is -1.95. The molecule has 0 saturated heterocycles. The Kier molecular flexibility index (Phi) is 3.94. The SMILES string of the molecule is CO/N=[N+](\[O-])C/C(C)=N/O. The van der Waals surface area contributed by atoms with Crippen molar-refractivity contribution < 1.29 is 14.9 Å². The molecule has 0 saturated carbocycles. The fraction of sp³-hybridized carbons (Fsp3) is 0.750. The molecule has 0 atom stereocenters. The van der Waals surface area contributed by atoms with E-state index in [0.29, 0.717) is 0 Å². The zero-order valence-electron chi connectivity index (χ0n) is 5.81. The van der Waals surface area contributed by atoms with E-state index in [1.54, 1.807) is 0 Å². The fourth-order valence-corrected chi connectivity index (χ4v) is 0.347. The van der Waals surface area contributed by atoms with Crippen LogP contribution in [0.25, 0.3) is 0 Å². The summed E-state index contributed by atoms with van der Waals surface area (Å²) in [5, 5.41) is 24.3. The molecule has 0 radical (unpaired) electrons. The van der Waals surface area contributed by atoms with Gasteiger partial charge in [-0.25, -0.2) is 0 Å². The normalized spacial score (nSPS) is 13.4. The van der Waals surface area contributed by atoms with Crippen molar-refractivity contribution in [2.45, 2.75) is 6.92 Å². The van der Waals surface area contributed by atoms with E-state index in [4.69, 9.17) is 5.21 Å². The molecule has 6 nitrogen and oxygen atoms in total. The molecule has 10 heavy (non-hydrogen) atoms. The lowest BCUT2D eigenvalue weighted by molar-refractivity contribution is -0.543. The van der Waals surface area contributed by atoms with E-state index in [-0.39, 0.29) is 17.1 Å². The summed E-state index contributed by atoms with van der Waals surface area (Å²) in [7, 11) is 1.26. The second-order valence-corrected chi connectivity index (χ2v) is 1.61. The Balaban J connectivity index is 3.79. The van der Waals surface area contributed by atoms with E-state index in [1.807, 2.05) is 0 Å². The number of nitrogens with zero attached hydrogens (tertiary/aromatic N) is 3. The van der Waals surface area contributed by atoms with Crippen molar-refractivity contribution in [2.24, 2.45) is 10.4 Å². The molecule has 0 aromatic heterocycles. The van der Waals surface area contributed by atoms with Crippen molar-refractivity contribution >= 4 is 5.71 Å². The van der Waals surface area contributed by atoms with E-state index < -0.39 is 0 Å². The Morgan fingerprint density at radius 1 is 1.80 bits per heavy atom. The van der Waals surface area contributed by atoms with Crippen molar-refractivity contribution in [1.29, 1.82) is 0 Å². The molecule has 6 heteroatoms. The number of hydrogen-bond acceptors (Lipinski definition) is 5. The number of hydrogen-bond donors (Lipinski definition) is 1. The Morgan fingerprint density at radius 3 is 2.80 bits per heavy atom. The topological polar surface area (TPSA) is 80.2 Å². The van der Waals surface area contributed by atoms with E-state index in [9.17, 15) is 5.21 Å². The van der Waals surface area contributed by atoms with Crippen LogP contribution in [0.1, 0.15) is 6.92 Å². The quantitative estimate of drug-likeness (QED) is 0.206. The Morgan fingerprint density at radius 2 is 2.40 bits per heavy atom. The molecule has 0 spiro atoms. The highest BCUT2D eigenvalue weighted by Gasteiger charge is 1.99. The first-order valence-corrected chi connectivity index (χ1v) is 2.57. The van der Waals surface area contributed by atoms with Crippen LogP contribution < -0.4 is 0 Å². The second kappa shape index (κ2) is 4.54. The van der Waals surface area contributed by atoms with Crippen molar-refractivity contribution in [3.05, 3.63) is 5.21 Å². The third-order valence-corrected chi connectivity index (χ3v) is 0.708. The molecule has 58 valence electrons. The van der Waals surface area contributed by atoms with Gasteiger partial charge in [0.05, 0.1) is 0 Å². The van der Waals surface area contributed by atoms with Crippen molar-refractivity contribution in [3.63, 3.8) is 0 Å². The summed E-state index contributed by atoms with van der Waals surface area (Å²) in [5.41, 5.74) is 0.274. The van der Waals surface area contributed by atoms with Crippen LogP contribution in [0.3, 0.4) is 0 Å². The van der Waals surface area contributed by atoms with Gasteiger partial charge in [0.2, 0.25) is 6.54 Å². The van der Waals surface area contributed by atoms with Crippen LogP contribution in [0.2, 0.25) is 0 Å². The first-order valence-electron chi connectivity index (χ1n) is 2.57. The summed E-state index contributed by atoms with van der Waals surface area (Å²) in [6.07, 6.45) is 0. The molecular weight excluding hydrogens is 138 g/mol. The summed E-state index contributed by atoms with van der Waals surface area (Å²) in [4.78, 5) is 4.42. The van der Waals surface area contributed by atoms with Crippen LogP contribution >= 0.6 is 0 Å². The number of rotatable bonds is 3. The van der Waals surface area contributed by atoms with Gasteiger partial charge in [-0.2, -0.15) is 0 Å². The largest absolute Gasteiger partial charge is 0.597 e. The molecule has 0 aliphatic carbocycles. The molecule has 0 unspecified atom stereocenters. The summed E-state index contributed by atoms with van der Waals surface area (Å²) < 4.78 is 0. The van der Waals surface area contributed by atoms with Gasteiger partial charge in [0.1, 0.15) is 12.8 Å². The molecule has 0 aliphatic rings. The van der Waals surface area contributed by atoms with Crippen molar-refractivity contribution in [3.8, 4) is 0 Å². The third-order valence-electron chi connectivity index (χ3n) is 0.708. The van der Waals surface area contributed by atoms with Gasteiger partial charge in [0.25, 0.3) is 0 Å². The second-order valence-electron chi connectivity index (χ2n) is 1.61. The molecule has 0 aromatic carbocycles. The van der Waals surface area contributed by atoms with Crippen LogP contribution in [0.5, 0.6) is 0 Å². The van der Waals surface area contributed by atoms with Crippen LogP contribution in [0, 0.1) is 5.21 Å². The molecular formula is C4H9N3O3. The van der Waals surface area contributed by atoms with Crippen LogP contribution in [-0.2, 0) is 4.84 Å². The predicted octanol–water partition coefficient (Wildman–Crippen LogP) is 0.360. The smallest absolute Gasteiger partial charge is 0.225 e. The summed E-state index contributed by atoms with van der Waals surface area (Å²) in [5.74, 6) is 0. The maximum absolute atomic E-state index is 10.4. The van der Waals surface area contributed by atoms with Gasteiger partial charge in [0, 0.05) is 0 Å². The molecule has 0 heterocycles. The third kappa shape index (κ3) is 3.65. The molecule has 0 bridgehead atoms. The minimum atomic E-state index is -0.0929. The molecule has 0 aromatic rings. The molecule has 0 rings (SSSR count). The Labute approximate surface area is 58.0 Å². The average molecular weight is 147 g/mol. The van der Waals surface area contributed by atoms with E-state index in [2.05, 4.69) is 15.3 Å². The maximum Gasteiger partial charge on any atom is 0.225 e. The molecule has 0 amide bonds. The Hall–Kier alpha value is -1.33. The van der Waals surface area contributed by atoms with E-state index in [1.165, 1.54) is 14.0 Å². The highest BCUT2D eigenvalue weighted by Crippen LogP contribution is 1.80. The summed E-state index contributed by atoms with van der Waals surface area (Å²) in [6, 6.07) is 0. The zero-order valence-corrected chi connectivity index (χ0v) is 5.81. The van der Waals surface area contributed by atoms with Gasteiger partial charge >= 0.3 is 0 Å². The van der Waals surface area contributed by atoms with Crippen LogP contribution in [-0.4, -0.2) is 29.4 Å². The van der Waals surface area contributed by atoms with Gasteiger partial charge in [-0.05, 0) is 6.92 Å². The maximum atomic E-state index is 10.4. The number of hydroxylamine groups is 1. The molecule has 0 aliphatic heterocycles. The fourth-order valence-electron chi connectivity index (χ4n) is 0.347. The monoisotopic (exact) mass is 147 g/mol. The van der Waals surface area contributed by atoms with Gasteiger partial charge in [-0.15, -0.1) is 0 Å². The summed E-state index contributed by atoms with van der Waals surface area (Å²) >= 11 is 0. The van der Waals surface area contributed by atoms with Gasteiger partial charge in [-0.3, -0.25) is 0 Å². The van der Waals surface area contributed by atoms with Gasteiger partial charge in [0.15, 0.2) is 5.28 Å². The lowest BCUT2D eigenvalue weighted by atomic mass is 10.4. The minimum absolute atomic E-state index is 0.0929. The Bertz CT molecular complexity index is 154. The number of oxime groups is 1. The van der Waals surface area contributed by atoms with Crippen LogP contribution in [0.4, 0.5) is 0 Å². The summed E-state index contributed by atoms with van der Waals surface area (Å²) in [6.45, 7) is 1.40. The average Bonchev–Trinajstić information content (AvgIpc) is 1.88. The van der Waals surface area contributed by atoms with E-state index >= 15 is 0 Å². The lowest BCUT2D eigenvalue weighted by Crippen LogP contribution is -2.11. The standard InChI is InChI=1S/C4H9N3O3/c1-4(5-8)3-7(9)6-10-2/h8H,3H2,1-2H3/b5-4+,7-6-. The van der Waals surface area contributed by atoms with Gasteiger partial charge < -0.3 is 15.3 Å². The zero-order chi connectivity index (χ0) is 7.98. The first-order chi connectivity index (χ1) is 4.70. The van der Waals surface area contributed by atoms with Crippen molar-refractivity contribution in [2.75, 3.05) is 13.7 Å². The van der Waals surface area contributed by atoms with Crippen molar-refractivity contribution in [1.82, 2.24) is 0 Å². The molecule has 0 fully saturated rings. The molecule has 1 N–H and O–H groups in total. The highest BCUT2D eigenvalue weighted by atomic mass is 16.7. The van der Waals surface area contributed by atoms with Crippen LogP contribution in [0.15, 0.2) is 10.4 Å². The van der Waals surface area contributed by atoms with E-state index in [0.717, 1.165) is 0 Å². The first kappa shape index (κ1) is 8.67. The highest BCUT2D eigenvalue weighted by molar-refractivity contribution is 5.82. The predicted molar refractivity (Wildman–Crippen MR) is 32.8 cm³/mol. The minimum Gasteiger partial charge on any atom is -0.597 e.